The van der Waals surface area contributed by atoms with Crippen LogP contribution in [0, 0.1) is 13.8 Å². The van der Waals surface area contributed by atoms with Crippen molar-refractivity contribution in [2.75, 3.05) is 37.9 Å². The molecule has 1 heterocycles. The molecule has 0 fully saturated rings. The molecule has 202 valence electrons. The Balaban J connectivity index is 1.64. The summed E-state index contributed by atoms with van der Waals surface area (Å²) in [6.07, 6.45) is 0.792. The predicted molar refractivity (Wildman–Crippen MR) is 151 cm³/mol. The van der Waals surface area contributed by atoms with Crippen LogP contribution in [0.4, 0.5) is 11.4 Å². The highest BCUT2D eigenvalue weighted by atomic mass is 16.6. The third-order valence-corrected chi connectivity index (χ3v) is 6.41. The van der Waals surface area contributed by atoms with Crippen LogP contribution in [0.2, 0.25) is 0 Å². The minimum absolute atomic E-state index is 0.135. The second kappa shape index (κ2) is 11.9. The topological polar surface area (TPSA) is 120 Å². The number of carbonyl (C=O) groups is 3. The fourth-order valence-corrected chi connectivity index (χ4v) is 4.45. The zero-order chi connectivity index (χ0) is 28.1. The molecule has 0 saturated heterocycles. The van der Waals surface area contributed by atoms with Crippen molar-refractivity contribution in [1.29, 1.82) is 0 Å². The first kappa shape index (κ1) is 27.6. The number of hydrogen-bond acceptors (Lipinski definition) is 6. The average Bonchev–Trinajstić information content (AvgIpc) is 3.21. The third kappa shape index (κ3) is 6.34. The Kier molecular flexibility index (Phi) is 8.43. The van der Waals surface area contributed by atoms with Gasteiger partial charge in [-0.05, 0) is 87.9 Å². The van der Waals surface area contributed by atoms with E-state index in [0.29, 0.717) is 45.9 Å². The lowest BCUT2D eigenvalue weighted by molar-refractivity contribution is -0.110. The maximum absolute atomic E-state index is 13.2. The van der Waals surface area contributed by atoms with Gasteiger partial charge in [0.2, 0.25) is 0 Å². The quantitative estimate of drug-likeness (QED) is 0.173. The maximum Gasteiger partial charge on any atom is 0.336 e. The summed E-state index contributed by atoms with van der Waals surface area (Å²) in [5.41, 5.74) is 7.88. The Hall–Kier alpha value is -4.47. The zero-order valence-electron chi connectivity index (χ0n) is 22.4. The van der Waals surface area contributed by atoms with Crippen LogP contribution in [0.5, 0.6) is 0 Å². The number of nitrogens with zero attached hydrogens (tertiary/aromatic N) is 1. The molecule has 0 saturated carbocycles. The Labute approximate surface area is 227 Å². The van der Waals surface area contributed by atoms with E-state index >= 15 is 0 Å². The predicted octanol–water partition coefficient (Wildman–Crippen LogP) is 4.55. The molecule has 4 N–H and O–H groups in total. The first-order chi connectivity index (χ1) is 18.7. The van der Waals surface area contributed by atoms with E-state index in [1.807, 2.05) is 62.3 Å². The van der Waals surface area contributed by atoms with Gasteiger partial charge in [0.25, 0.3) is 11.8 Å². The molecule has 2 amide bonds. The summed E-state index contributed by atoms with van der Waals surface area (Å²) in [6.45, 7) is 4.81. The first-order valence-corrected chi connectivity index (χ1v) is 12.6. The number of aryl methyl sites for hydroxylation is 2. The van der Waals surface area contributed by atoms with Gasteiger partial charge in [0, 0.05) is 16.8 Å². The van der Waals surface area contributed by atoms with Crippen LogP contribution < -0.4 is 16.1 Å². The largest absolute Gasteiger partial charge is 0.478 e. The highest BCUT2D eigenvalue weighted by molar-refractivity contribution is 6.37. The van der Waals surface area contributed by atoms with E-state index in [4.69, 9.17) is 4.84 Å². The molecule has 9 nitrogen and oxygen atoms in total. The first-order valence-electron chi connectivity index (χ1n) is 12.6. The van der Waals surface area contributed by atoms with Crippen molar-refractivity contribution in [3.05, 3.63) is 94.0 Å². The van der Waals surface area contributed by atoms with Gasteiger partial charge >= 0.3 is 5.97 Å². The highest BCUT2D eigenvalue weighted by Crippen LogP contribution is 2.39. The van der Waals surface area contributed by atoms with E-state index in [-0.39, 0.29) is 17.4 Å². The molecule has 39 heavy (non-hydrogen) atoms. The van der Waals surface area contributed by atoms with Crippen molar-refractivity contribution in [3.63, 3.8) is 0 Å². The number of carbonyl (C=O) groups excluding carboxylic acids is 2. The number of amides is 2. The number of nitrogens with one attached hydrogen (secondary N) is 3. The summed E-state index contributed by atoms with van der Waals surface area (Å²) in [5, 5.41) is 15.7. The summed E-state index contributed by atoms with van der Waals surface area (Å²) in [7, 11) is 3.95. The van der Waals surface area contributed by atoms with Crippen LogP contribution in [-0.4, -0.2) is 55.0 Å². The lowest BCUT2D eigenvalue weighted by atomic mass is 9.96. The second-order valence-electron chi connectivity index (χ2n) is 9.68. The van der Waals surface area contributed by atoms with Gasteiger partial charge in [0.05, 0.1) is 29.1 Å². The van der Waals surface area contributed by atoms with E-state index in [0.717, 1.165) is 24.1 Å². The molecule has 9 heteroatoms. The second-order valence-corrected chi connectivity index (χ2v) is 9.68. The van der Waals surface area contributed by atoms with Crippen molar-refractivity contribution in [1.82, 2.24) is 10.4 Å². The lowest BCUT2D eigenvalue weighted by Gasteiger charge is -2.16. The standard InChI is InChI=1S/C30H32N4O5/c1-18-15-21(11-12-22(18)28(35)33-39-14-8-13-34(3)4)31-27(20-9-6-5-7-10-20)26-24-16-19(2)23(30(37)38)17-25(24)32-29(26)36/h5-7,9-12,15-17,31H,8,13-14H2,1-4H3,(H,32,36)(H,33,35)(H,37,38)/b27-26+. The van der Waals surface area contributed by atoms with E-state index in [1.54, 1.807) is 25.1 Å². The Morgan fingerprint density at radius 1 is 0.974 bits per heavy atom. The SMILES string of the molecule is Cc1cc2c(cc1C(=O)O)NC(=O)/C2=C(/Nc1ccc(C(=O)NOCCCN(C)C)c(C)c1)c1ccccc1. The number of hydroxylamine groups is 1. The van der Waals surface area contributed by atoms with E-state index in [9.17, 15) is 19.5 Å². The number of fused-ring (bicyclic) bond motifs is 1. The minimum Gasteiger partial charge on any atom is -0.478 e. The van der Waals surface area contributed by atoms with Crippen molar-refractivity contribution < 1.29 is 24.3 Å². The van der Waals surface area contributed by atoms with Crippen LogP contribution >= 0.6 is 0 Å². The van der Waals surface area contributed by atoms with Gasteiger partial charge < -0.3 is 20.6 Å². The van der Waals surface area contributed by atoms with E-state index < -0.39 is 5.97 Å². The lowest BCUT2D eigenvalue weighted by Crippen LogP contribution is -2.26. The molecule has 1 aliphatic heterocycles. The van der Waals surface area contributed by atoms with E-state index in [1.165, 1.54) is 6.07 Å². The molecule has 0 aromatic heterocycles. The molecule has 0 atom stereocenters. The smallest absolute Gasteiger partial charge is 0.336 e. The van der Waals surface area contributed by atoms with Crippen molar-refractivity contribution >= 4 is 40.4 Å². The average molecular weight is 529 g/mol. The number of hydrogen-bond donors (Lipinski definition) is 4. The molecular weight excluding hydrogens is 496 g/mol. The number of carboxylic acids is 1. The van der Waals surface area contributed by atoms with Gasteiger partial charge in [-0.2, -0.15) is 0 Å². The summed E-state index contributed by atoms with van der Waals surface area (Å²) in [6, 6.07) is 17.9. The molecule has 4 rings (SSSR count). The molecule has 3 aromatic carbocycles. The maximum atomic E-state index is 13.2. The summed E-state index contributed by atoms with van der Waals surface area (Å²) >= 11 is 0. The molecule has 0 spiro atoms. The summed E-state index contributed by atoms with van der Waals surface area (Å²) < 4.78 is 0. The van der Waals surface area contributed by atoms with Crippen molar-refractivity contribution in [2.45, 2.75) is 20.3 Å². The normalized spacial score (nSPS) is 13.6. The van der Waals surface area contributed by atoms with E-state index in [2.05, 4.69) is 16.1 Å². The van der Waals surface area contributed by atoms with Gasteiger partial charge in [-0.3, -0.25) is 14.4 Å². The number of anilines is 2. The fraction of sp³-hybridized carbons (Fsp3) is 0.233. The Bertz CT molecular complexity index is 1450. The van der Waals surface area contributed by atoms with Crippen molar-refractivity contribution in [3.8, 4) is 0 Å². The van der Waals surface area contributed by atoms with Gasteiger partial charge in [-0.1, -0.05) is 30.3 Å². The van der Waals surface area contributed by atoms with Gasteiger partial charge in [0.15, 0.2) is 0 Å². The number of rotatable bonds is 10. The number of aromatic carboxylic acids is 1. The van der Waals surface area contributed by atoms with Crippen LogP contribution in [0.15, 0.2) is 60.7 Å². The van der Waals surface area contributed by atoms with Crippen LogP contribution in [0.3, 0.4) is 0 Å². The van der Waals surface area contributed by atoms with Crippen LogP contribution in [0.1, 0.15) is 49.4 Å². The fourth-order valence-electron chi connectivity index (χ4n) is 4.45. The molecule has 3 aromatic rings. The van der Waals surface area contributed by atoms with Crippen LogP contribution in [-0.2, 0) is 9.63 Å². The molecule has 0 aliphatic carbocycles. The number of benzene rings is 3. The molecular formula is C30H32N4O5. The third-order valence-electron chi connectivity index (χ3n) is 6.41. The Morgan fingerprint density at radius 3 is 2.36 bits per heavy atom. The summed E-state index contributed by atoms with van der Waals surface area (Å²) in [5.74, 6) is -1.72. The van der Waals surface area contributed by atoms with Crippen molar-refractivity contribution in [2.24, 2.45) is 0 Å². The Morgan fingerprint density at radius 2 is 1.69 bits per heavy atom. The molecule has 1 aliphatic rings. The summed E-state index contributed by atoms with van der Waals surface area (Å²) in [4.78, 5) is 44.8. The molecule has 0 bridgehead atoms. The number of carboxylic acid groups (broad SMARTS) is 1. The monoisotopic (exact) mass is 528 g/mol. The zero-order valence-corrected chi connectivity index (χ0v) is 22.4. The molecule has 0 radical (unpaired) electrons. The minimum atomic E-state index is -1.05. The molecule has 0 unspecified atom stereocenters. The van der Waals surface area contributed by atoms with Gasteiger partial charge in [0.1, 0.15) is 0 Å². The highest BCUT2D eigenvalue weighted by Gasteiger charge is 2.30. The van der Waals surface area contributed by atoms with Gasteiger partial charge in [-0.15, -0.1) is 0 Å². The van der Waals surface area contributed by atoms with Gasteiger partial charge in [-0.25, -0.2) is 10.3 Å². The van der Waals surface area contributed by atoms with Crippen LogP contribution in [0.25, 0.3) is 11.3 Å².